The quantitative estimate of drug-likeness (QED) is 0.229. The highest BCUT2D eigenvalue weighted by Crippen LogP contribution is 2.60. The molecular formula is C39H28. The molecule has 0 aliphatic heterocycles. The Morgan fingerprint density at radius 2 is 0.949 bits per heavy atom. The summed E-state index contributed by atoms with van der Waals surface area (Å²) in [5, 5.41) is 2.65. The van der Waals surface area contributed by atoms with E-state index < -0.39 is 0 Å². The molecule has 0 nitrogen and oxygen atoms in total. The van der Waals surface area contributed by atoms with Crippen molar-refractivity contribution >= 4 is 16.8 Å². The first-order chi connectivity index (χ1) is 19.3. The monoisotopic (exact) mass is 496 g/mol. The predicted molar refractivity (Wildman–Crippen MR) is 166 cm³/mol. The van der Waals surface area contributed by atoms with E-state index >= 15 is 0 Å². The molecule has 0 saturated carbocycles. The third-order valence-electron chi connectivity index (χ3n) is 8.73. The smallest absolute Gasteiger partial charge is 0.0175 e. The summed E-state index contributed by atoms with van der Waals surface area (Å²) >= 11 is 0. The van der Waals surface area contributed by atoms with Crippen LogP contribution in [-0.2, 0) is 0 Å². The molecule has 0 bridgehead atoms. The maximum atomic E-state index is 2.43. The molecule has 0 heterocycles. The van der Waals surface area contributed by atoms with Crippen LogP contribution in [0.15, 0.2) is 133 Å². The van der Waals surface area contributed by atoms with E-state index in [9.17, 15) is 0 Å². The molecule has 6 aromatic carbocycles. The highest BCUT2D eigenvalue weighted by molar-refractivity contribution is 6.15. The summed E-state index contributed by atoms with van der Waals surface area (Å²) in [4.78, 5) is 0. The lowest BCUT2D eigenvalue weighted by molar-refractivity contribution is 0.632. The van der Waals surface area contributed by atoms with Gasteiger partial charge in [0, 0.05) is 5.92 Å². The lowest BCUT2D eigenvalue weighted by atomic mass is 9.75. The Morgan fingerprint density at radius 1 is 0.436 bits per heavy atom. The Balaban J connectivity index is 1.56. The number of benzene rings is 6. The molecule has 0 N–H and O–H groups in total. The van der Waals surface area contributed by atoms with E-state index in [4.69, 9.17) is 0 Å². The van der Waals surface area contributed by atoms with Crippen molar-refractivity contribution in [1.82, 2.24) is 0 Å². The lowest BCUT2D eigenvalue weighted by Gasteiger charge is -2.28. The summed E-state index contributed by atoms with van der Waals surface area (Å²) < 4.78 is 0. The van der Waals surface area contributed by atoms with Crippen LogP contribution in [0.3, 0.4) is 0 Å². The Kier molecular flexibility index (Phi) is 4.97. The largest absolute Gasteiger partial charge is 0.0801 e. The van der Waals surface area contributed by atoms with Crippen molar-refractivity contribution in [1.29, 1.82) is 0 Å². The van der Waals surface area contributed by atoms with E-state index in [-0.39, 0.29) is 0 Å². The summed E-state index contributed by atoms with van der Waals surface area (Å²) in [6, 6.07) is 46.7. The van der Waals surface area contributed by atoms with Gasteiger partial charge in [0.15, 0.2) is 0 Å². The van der Waals surface area contributed by atoms with Gasteiger partial charge < -0.3 is 0 Å². The topological polar surface area (TPSA) is 0 Å². The third kappa shape index (κ3) is 3.25. The number of hydrogen-bond donors (Lipinski definition) is 0. The van der Waals surface area contributed by atoms with Crippen LogP contribution in [0.1, 0.15) is 29.5 Å². The lowest BCUT2D eigenvalue weighted by Crippen LogP contribution is -2.13. The molecule has 8 rings (SSSR count). The minimum absolute atomic E-state index is 0.306. The number of fused-ring (bicyclic) bond motifs is 4. The van der Waals surface area contributed by atoms with E-state index in [0.717, 1.165) is 0 Å². The maximum Gasteiger partial charge on any atom is 0.0175 e. The minimum Gasteiger partial charge on any atom is -0.0801 e. The van der Waals surface area contributed by atoms with Crippen LogP contribution in [0.2, 0.25) is 0 Å². The SMILES string of the molecule is CC1C=Cc2c(-c3ccccc3)ccc3c2C1c1c-3c(-c2ccccc2)c2ccccc2c1-c1ccccc1. The zero-order chi connectivity index (χ0) is 25.9. The highest BCUT2D eigenvalue weighted by Gasteiger charge is 2.40. The Hall–Kier alpha value is -4.68. The van der Waals surface area contributed by atoms with Crippen molar-refractivity contribution in [3.8, 4) is 44.5 Å². The molecule has 0 amide bonds. The molecule has 39 heavy (non-hydrogen) atoms. The van der Waals surface area contributed by atoms with Gasteiger partial charge in [-0.3, -0.25) is 0 Å². The molecule has 184 valence electrons. The molecule has 0 heteroatoms. The predicted octanol–water partition coefficient (Wildman–Crippen LogP) is 10.6. The van der Waals surface area contributed by atoms with E-state index in [1.54, 1.807) is 0 Å². The molecule has 2 aliphatic carbocycles. The van der Waals surface area contributed by atoms with E-state index in [1.165, 1.54) is 72.0 Å². The van der Waals surface area contributed by atoms with Crippen LogP contribution < -0.4 is 0 Å². The van der Waals surface area contributed by atoms with Gasteiger partial charge in [0.1, 0.15) is 0 Å². The van der Waals surface area contributed by atoms with E-state index in [0.29, 0.717) is 11.8 Å². The van der Waals surface area contributed by atoms with Crippen LogP contribution in [-0.4, -0.2) is 0 Å². The number of allylic oxidation sites excluding steroid dienone is 1. The van der Waals surface area contributed by atoms with Gasteiger partial charge in [-0.15, -0.1) is 0 Å². The fourth-order valence-corrected chi connectivity index (χ4v) is 7.14. The first-order valence-corrected chi connectivity index (χ1v) is 13.9. The van der Waals surface area contributed by atoms with Crippen LogP contribution >= 0.6 is 0 Å². The molecule has 0 radical (unpaired) electrons. The summed E-state index contributed by atoms with van der Waals surface area (Å²) in [6.45, 7) is 2.39. The van der Waals surface area contributed by atoms with Crippen molar-refractivity contribution < 1.29 is 0 Å². The average molecular weight is 497 g/mol. The summed E-state index contributed by atoms with van der Waals surface area (Å²) in [5.74, 6) is 0.705. The van der Waals surface area contributed by atoms with Gasteiger partial charge in [0.05, 0.1) is 0 Å². The zero-order valence-electron chi connectivity index (χ0n) is 21.9. The van der Waals surface area contributed by atoms with Crippen molar-refractivity contribution in [3.05, 3.63) is 150 Å². The summed E-state index contributed by atoms with van der Waals surface area (Å²) in [7, 11) is 0. The fraction of sp³-hybridized carbons (Fsp3) is 0.0769. The molecule has 0 spiro atoms. The first kappa shape index (κ1) is 22.3. The molecule has 2 aliphatic rings. The third-order valence-corrected chi connectivity index (χ3v) is 8.73. The fourth-order valence-electron chi connectivity index (χ4n) is 7.14. The van der Waals surface area contributed by atoms with Gasteiger partial charge in [-0.25, -0.2) is 0 Å². The van der Waals surface area contributed by atoms with Crippen molar-refractivity contribution in [2.75, 3.05) is 0 Å². The molecule has 2 unspecified atom stereocenters. The minimum atomic E-state index is 0.306. The molecule has 0 aromatic heterocycles. The molecular weight excluding hydrogens is 468 g/mol. The van der Waals surface area contributed by atoms with Crippen molar-refractivity contribution in [3.63, 3.8) is 0 Å². The van der Waals surface area contributed by atoms with Gasteiger partial charge in [0.25, 0.3) is 0 Å². The second kappa shape index (κ2) is 8.68. The Labute approximate surface area is 229 Å². The first-order valence-electron chi connectivity index (χ1n) is 13.9. The van der Waals surface area contributed by atoms with Gasteiger partial charge in [-0.05, 0) is 77.9 Å². The van der Waals surface area contributed by atoms with E-state index in [1.807, 2.05) is 0 Å². The van der Waals surface area contributed by atoms with Crippen molar-refractivity contribution in [2.45, 2.75) is 12.8 Å². The summed E-state index contributed by atoms with van der Waals surface area (Å²) in [6.07, 6.45) is 4.82. The Bertz CT molecular complexity index is 1890. The molecule has 0 fully saturated rings. The normalized spacial score (nSPS) is 16.7. The zero-order valence-corrected chi connectivity index (χ0v) is 21.9. The van der Waals surface area contributed by atoms with Gasteiger partial charge in [0.2, 0.25) is 0 Å². The molecule has 6 aromatic rings. The maximum absolute atomic E-state index is 2.43. The van der Waals surface area contributed by atoms with Gasteiger partial charge >= 0.3 is 0 Å². The number of rotatable bonds is 3. The van der Waals surface area contributed by atoms with Crippen LogP contribution in [0.4, 0.5) is 0 Å². The second-order valence-electron chi connectivity index (χ2n) is 10.9. The van der Waals surface area contributed by atoms with E-state index in [2.05, 4.69) is 146 Å². The molecule has 0 saturated heterocycles. The summed E-state index contributed by atoms with van der Waals surface area (Å²) in [5.41, 5.74) is 15.1. The van der Waals surface area contributed by atoms with Crippen LogP contribution in [0.5, 0.6) is 0 Å². The highest BCUT2D eigenvalue weighted by atomic mass is 14.4. The Morgan fingerprint density at radius 3 is 1.59 bits per heavy atom. The second-order valence-corrected chi connectivity index (χ2v) is 10.9. The van der Waals surface area contributed by atoms with Crippen molar-refractivity contribution in [2.24, 2.45) is 5.92 Å². The average Bonchev–Trinajstić information content (AvgIpc) is 3.35. The number of hydrogen-bond acceptors (Lipinski definition) is 0. The van der Waals surface area contributed by atoms with Gasteiger partial charge in [-0.1, -0.05) is 146 Å². The van der Waals surface area contributed by atoms with Crippen LogP contribution in [0.25, 0.3) is 61.4 Å². The van der Waals surface area contributed by atoms with Crippen LogP contribution in [0, 0.1) is 5.92 Å². The molecule has 2 atom stereocenters. The van der Waals surface area contributed by atoms with Gasteiger partial charge in [-0.2, -0.15) is 0 Å². The standard InChI is InChI=1S/C39H28/c1-25-21-22-32-29(26-13-5-2-6-14-26)23-24-33-37(32)34(25)39-36(28-17-9-4-10-18-28)31-20-12-11-19-30(31)35(38(33)39)27-15-7-3-8-16-27/h2-25,34H,1H3.